The lowest BCUT2D eigenvalue weighted by molar-refractivity contribution is 0.0567. The summed E-state index contributed by atoms with van der Waals surface area (Å²) in [6, 6.07) is 6.71. The number of fused-ring (bicyclic) bond motifs is 2. The lowest BCUT2D eigenvalue weighted by Crippen LogP contribution is -2.43. The van der Waals surface area contributed by atoms with Gasteiger partial charge in [0.15, 0.2) is 0 Å². The van der Waals surface area contributed by atoms with Crippen molar-refractivity contribution in [2.45, 2.75) is 58.3 Å². The van der Waals surface area contributed by atoms with Crippen molar-refractivity contribution in [2.75, 3.05) is 37.7 Å². The fourth-order valence-corrected chi connectivity index (χ4v) is 4.98. The monoisotopic (exact) mass is 538 g/mol. The fraction of sp³-hybridized carbons (Fsp3) is 0.500. The van der Waals surface area contributed by atoms with E-state index in [1.807, 2.05) is 26.8 Å². The number of halogens is 1. The number of rotatable bonds is 6. The van der Waals surface area contributed by atoms with Crippen LogP contribution in [0.5, 0.6) is 5.75 Å². The van der Waals surface area contributed by atoms with Crippen LogP contribution in [0.3, 0.4) is 0 Å². The van der Waals surface area contributed by atoms with Crippen LogP contribution in [-0.2, 0) is 17.8 Å². The summed E-state index contributed by atoms with van der Waals surface area (Å²) in [5.74, 6) is 0.182. The lowest BCUT2D eigenvalue weighted by atomic mass is 10.0. The topological polar surface area (TPSA) is 102 Å². The predicted octanol–water partition coefficient (Wildman–Crippen LogP) is 3.32. The van der Waals surface area contributed by atoms with Crippen molar-refractivity contribution in [3.05, 3.63) is 58.5 Å². The van der Waals surface area contributed by atoms with Crippen molar-refractivity contribution < 1.29 is 18.7 Å². The van der Waals surface area contributed by atoms with Crippen LogP contribution in [0, 0.1) is 5.82 Å². The molecule has 5 heterocycles. The number of pyridine rings is 3. The maximum absolute atomic E-state index is 13.7. The second-order valence-corrected chi connectivity index (χ2v) is 11.0. The number of ether oxygens (including phenoxy) is 2. The molecule has 39 heavy (non-hydrogen) atoms. The van der Waals surface area contributed by atoms with E-state index in [0.29, 0.717) is 61.3 Å². The molecule has 0 bridgehead atoms. The van der Waals surface area contributed by atoms with Gasteiger partial charge in [-0.3, -0.25) is 19.7 Å². The average Bonchev–Trinajstić information content (AvgIpc) is 2.90. The van der Waals surface area contributed by atoms with Crippen LogP contribution in [0.15, 0.2) is 41.5 Å². The highest BCUT2D eigenvalue weighted by Crippen LogP contribution is 2.32. The maximum atomic E-state index is 13.7. The highest BCUT2D eigenvalue weighted by molar-refractivity contribution is 5.90. The van der Waals surface area contributed by atoms with Gasteiger partial charge in [-0.25, -0.2) is 9.18 Å². The first kappa shape index (κ1) is 27.0. The van der Waals surface area contributed by atoms with Crippen LogP contribution in [0.25, 0.3) is 11.0 Å². The maximum Gasteiger partial charge on any atom is 0.415 e. The largest absolute Gasteiger partial charge is 0.489 e. The summed E-state index contributed by atoms with van der Waals surface area (Å²) in [6.07, 6.45) is 4.37. The summed E-state index contributed by atoms with van der Waals surface area (Å²) in [6.45, 7) is 9.93. The zero-order valence-corrected chi connectivity index (χ0v) is 22.7. The van der Waals surface area contributed by atoms with E-state index < -0.39 is 17.5 Å². The number of anilines is 1. The van der Waals surface area contributed by atoms with Crippen molar-refractivity contribution in [2.24, 2.45) is 0 Å². The Hall–Kier alpha value is -3.57. The van der Waals surface area contributed by atoms with Gasteiger partial charge in [0.1, 0.15) is 29.5 Å². The van der Waals surface area contributed by atoms with Crippen LogP contribution in [-0.4, -0.2) is 70.0 Å². The molecule has 0 aromatic carbocycles. The number of nitrogens with one attached hydrogen (secondary N) is 1. The first-order valence-electron chi connectivity index (χ1n) is 13.4. The normalized spacial score (nSPS) is 16.7. The van der Waals surface area contributed by atoms with Crippen LogP contribution in [0.4, 0.5) is 14.9 Å². The fourth-order valence-electron chi connectivity index (χ4n) is 4.98. The van der Waals surface area contributed by atoms with Gasteiger partial charge >= 0.3 is 6.09 Å². The number of nitrogens with zero attached hydrogens (tertiary/aromatic N) is 5. The van der Waals surface area contributed by atoms with E-state index in [1.165, 1.54) is 18.3 Å². The molecule has 0 atom stereocenters. The Morgan fingerprint density at radius 3 is 2.69 bits per heavy atom. The van der Waals surface area contributed by atoms with E-state index in [1.54, 1.807) is 21.7 Å². The summed E-state index contributed by atoms with van der Waals surface area (Å²) >= 11 is 0. The molecule has 10 nitrogen and oxygen atoms in total. The molecular weight excluding hydrogens is 503 g/mol. The Bertz CT molecular complexity index is 1400. The van der Waals surface area contributed by atoms with Crippen LogP contribution in [0.2, 0.25) is 0 Å². The molecule has 1 saturated heterocycles. The SMILES string of the molecule is CC(C)(C)OC(=O)N1CCOc2cc(CNC3CCN(CCn4c(=O)ccc5ncc(F)cc54)CC3)ncc21. The van der Waals surface area contributed by atoms with Gasteiger partial charge in [-0.1, -0.05) is 0 Å². The molecule has 1 fully saturated rings. The minimum atomic E-state index is -0.576. The van der Waals surface area contributed by atoms with Crippen molar-refractivity contribution in [1.82, 2.24) is 24.8 Å². The van der Waals surface area contributed by atoms with Gasteiger partial charge in [-0.15, -0.1) is 0 Å². The van der Waals surface area contributed by atoms with Gasteiger partial charge in [-0.2, -0.15) is 0 Å². The number of amides is 1. The molecule has 0 aliphatic carbocycles. The van der Waals surface area contributed by atoms with Gasteiger partial charge < -0.3 is 24.3 Å². The zero-order valence-electron chi connectivity index (χ0n) is 22.7. The number of aromatic nitrogens is 3. The van der Waals surface area contributed by atoms with Gasteiger partial charge in [0.2, 0.25) is 0 Å². The van der Waals surface area contributed by atoms with Crippen LogP contribution < -0.4 is 20.5 Å². The lowest BCUT2D eigenvalue weighted by Gasteiger charge is -2.33. The molecule has 3 aromatic rings. The molecule has 0 saturated carbocycles. The minimum Gasteiger partial charge on any atom is -0.489 e. The Labute approximate surface area is 226 Å². The zero-order chi connectivity index (χ0) is 27.6. The molecule has 2 aliphatic rings. The second kappa shape index (κ2) is 11.3. The number of likely N-dealkylation sites (tertiary alicyclic amines) is 1. The average molecular weight is 539 g/mol. The number of hydrogen-bond acceptors (Lipinski definition) is 8. The number of piperidine rings is 1. The third-order valence-electron chi connectivity index (χ3n) is 6.98. The Morgan fingerprint density at radius 2 is 1.92 bits per heavy atom. The summed E-state index contributed by atoms with van der Waals surface area (Å²) < 4.78 is 26.7. The van der Waals surface area contributed by atoms with E-state index >= 15 is 0 Å². The standard InChI is InChI=1S/C28H35FN6O4/c1-28(2,3)39-27(37)35-12-13-38-25-15-21(31-18-24(25)35)17-30-20-6-8-33(9-7-20)10-11-34-23-14-19(29)16-32-22(23)4-5-26(34)36/h4-5,14-16,18,20,30H,6-13,17H2,1-3H3. The van der Waals surface area contributed by atoms with E-state index in [4.69, 9.17) is 9.47 Å². The molecule has 2 aliphatic heterocycles. The summed E-state index contributed by atoms with van der Waals surface area (Å²) in [4.78, 5) is 37.6. The van der Waals surface area contributed by atoms with E-state index in [9.17, 15) is 14.0 Å². The Balaban J connectivity index is 1.12. The summed E-state index contributed by atoms with van der Waals surface area (Å²) in [5, 5.41) is 3.59. The molecule has 0 unspecified atom stereocenters. The Kier molecular flexibility index (Phi) is 7.81. The van der Waals surface area contributed by atoms with Gasteiger partial charge in [0.25, 0.3) is 5.56 Å². The quantitative estimate of drug-likeness (QED) is 0.510. The van der Waals surface area contributed by atoms with Crippen molar-refractivity contribution in [3.8, 4) is 5.75 Å². The molecule has 1 N–H and O–H groups in total. The van der Waals surface area contributed by atoms with Crippen LogP contribution >= 0.6 is 0 Å². The third kappa shape index (κ3) is 6.54. The molecule has 208 valence electrons. The molecule has 11 heteroatoms. The number of carbonyl (C=O) groups is 1. The minimum absolute atomic E-state index is 0.151. The van der Waals surface area contributed by atoms with Crippen molar-refractivity contribution in [3.63, 3.8) is 0 Å². The van der Waals surface area contributed by atoms with Crippen LogP contribution in [0.1, 0.15) is 39.3 Å². The molecule has 0 spiro atoms. The highest BCUT2D eigenvalue weighted by atomic mass is 19.1. The van der Waals surface area contributed by atoms with Crippen molar-refractivity contribution >= 4 is 22.8 Å². The second-order valence-electron chi connectivity index (χ2n) is 11.0. The van der Waals surface area contributed by atoms with Crippen molar-refractivity contribution in [1.29, 1.82) is 0 Å². The van der Waals surface area contributed by atoms with Gasteiger partial charge in [-0.05, 0) is 52.8 Å². The van der Waals surface area contributed by atoms with E-state index in [-0.39, 0.29) is 5.56 Å². The summed E-state index contributed by atoms with van der Waals surface area (Å²) in [7, 11) is 0. The molecule has 3 aromatic heterocycles. The van der Waals surface area contributed by atoms with E-state index in [2.05, 4.69) is 20.2 Å². The first-order valence-corrected chi connectivity index (χ1v) is 13.4. The number of hydrogen-bond donors (Lipinski definition) is 1. The molecule has 1 amide bonds. The summed E-state index contributed by atoms with van der Waals surface area (Å²) in [5.41, 5.74) is 1.87. The molecule has 5 rings (SSSR count). The first-order chi connectivity index (χ1) is 18.7. The third-order valence-corrected chi connectivity index (χ3v) is 6.98. The molecular formula is C28H35FN6O4. The van der Waals surface area contributed by atoms with Gasteiger partial charge in [0.05, 0.1) is 35.7 Å². The van der Waals surface area contributed by atoms with Gasteiger partial charge in [0, 0.05) is 43.9 Å². The predicted molar refractivity (Wildman–Crippen MR) is 146 cm³/mol. The number of carbonyl (C=O) groups excluding carboxylic acids is 1. The smallest absolute Gasteiger partial charge is 0.415 e. The Morgan fingerprint density at radius 1 is 1.13 bits per heavy atom. The van der Waals surface area contributed by atoms with E-state index in [0.717, 1.165) is 31.6 Å². The highest BCUT2D eigenvalue weighted by Gasteiger charge is 2.29. The molecule has 0 radical (unpaired) electrons.